The lowest BCUT2D eigenvalue weighted by atomic mass is 10.1. The van der Waals surface area contributed by atoms with Crippen LogP contribution in [0.2, 0.25) is 0 Å². The van der Waals surface area contributed by atoms with Crippen LogP contribution in [-0.2, 0) is 17.9 Å². The first-order chi connectivity index (χ1) is 12.8. The molecule has 0 atom stereocenters. The molecule has 1 N–H and O–H groups in total. The summed E-state index contributed by atoms with van der Waals surface area (Å²) in [4.78, 5) is 28.1. The molecule has 0 saturated carbocycles. The van der Waals surface area contributed by atoms with Gasteiger partial charge in [0.1, 0.15) is 6.54 Å². The standard InChI is InChI=1S/C19H21N5O3/c1-11-18(13(3)25)12(2)24(22-11)10-17(26)20-9-15-5-7-16(8-6-15)19-21-14(4)27-23-19/h5-8H,9-10H2,1-4H3,(H,20,26). The molecule has 0 aliphatic carbocycles. The minimum Gasteiger partial charge on any atom is -0.350 e. The van der Waals surface area contributed by atoms with Gasteiger partial charge in [0.15, 0.2) is 5.78 Å². The van der Waals surface area contributed by atoms with Crippen LogP contribution in [0.5, 0.6) is 0 Å². The van der Waals surface area contributed by atoms with Gasteiger partial charge in [-0.25, -0.2) is 0 Å². The molecule has 0 unspecified atom stereocenters. The Bertz CT molecular complexity index is 985. The number of aromatic nitrogens is 4. The van der Waals surface area contributed by atoms with E-state index in [1.807, 2.05) is 24.3 Å². The van der Waals surface area contributed by atoms with Crippen LogP contribution in [-0.4, -0.2) is 31.6 Å². The van der Waals surface area contributed by atoms with Gasteiger partial charge in [-0.3, -0.25) is 14.3 Å². The van der Waals surface area contributed by atoms with Gasteiger partial charge in [-0.15, -0.1) is 0 Å². The Labute approximate surface area is 156 Å². The predicted octanol–water partition coefficient (Wildman–Crippen LogP) is 2.38. The third-order valence-corrected chi connectivity index (χ3v) is 4.26. The van der Waals surface area contributed by atoms with E-state index >= 15 is 0 Å². The number of carbonyl (C=O) groups is 2. The molecule has 0 aliphatic rings. The van der Waals surface area contributed by atoms with Crippen LogP contribution in [0.15, 0.2) is 28.8 Å². The minimum atomic E-state index is -0.173. The summed E-state index contributed by atoms with van der Waals surface area (Å²) in [5.41, 5.74) is 3.72. The molecule has 27 heavy (non-hydrogen) atoms. The molecule has 140 valence electrons. The Morgan fingerprint density at radius 1 is 1.15 bits per heavy atom. The Hall–Kier alpha value is -3.29. The van der Waals surface area contributed by atoms with Gasteiger partial charge in [0.2, 0.25) is 17.6 Å². The maximum Gasteiger partial charge on any atom is 0.242 e. The van der Waals surface area contributed by atoms with E-state index in [1.54, 1.807) is 25.5 Å². The Morgan fingerprint density at radius 3 is 2.41 bits per heavy atom. The number of hydrogen-bond acceptors (Lipinski definition) is 6. The van der Waals surface area contributed by atoms with Gasteiger partial charge in [0, 0.05) is 24.7 Å². The maximum absolute atomic E-state index is 12.2. The van der Waals surface area contributed by atoms with E-state index in [1.165, 1.54) is 6.92 Å². The van der Waals surface area contributed by atoms with Gasteiger partial charge < -0.3 is 9.84 Å². The summed E-state index contributed by atoms with van der Waals surface area (Å²) in [7, 11) is 0. The number of ketones is 1. The maximum atomic E-state index is 12.2. The highest BCUT2D eigenvalue weighted by atomic mass is 16.5. The van der Waals surface area contributed by atoms with Crippen molar-refractivity contribution in [2.75, 3.05) is 0 Å². The lowest BCUT2D eigenvalue weighted by Gasteiger charge is -2.07. The fourth-order valence-electron chi connectivity index (χ4n) is 2.94. The van der Waals surface area contributed by atoms with Crippen molar-refractivity contribution in [2.45, 2.75) is 40.8 Å². The first-order valence-corrected chi connectivity index (χ1v) is 8.56. The number of nitrogens with one attached hydrogen (secondary N) is 1. The molecule has 1 amide bonds. The minimum absolute atomic E-state index is 0.0476. The van der Waals surface area contributed by atoms with Crippen molar-refractivity contribution in [3.8, 4) is 11.4 Å². The molecule has 0 saturated heterocycles. The van der Waals surface area contributed by atoms with Gasteiger partial charge in [-0.05, 0) is 26.3 Å². The zero-order valence-electron chi connectivity index (χ0n) is 15.7. The van der Waals surface area contributed by atoms with E-state index in [9.17, 15) is 9.59 Å². The van der Waals surface area contributed by atoms with Crippen LogP contribution in [0.4, 0.5) is 0 Å². The van der Waals surface area contributed by atoms with Crippen LogP contribution < -0.4 is 5.32 Å². The van der Waals surface area contributed by atoms with E-state index in [2.05, 4.69) is 20.6 Å². The van der Waals surface area contributed by atoms with Gasteiger partial charge >= 0.3 is 0 Å². The molecular formula is C19H21N5O3. The Kier molecular flexibility index (Phi) is 5.16. The fourth-order valence-corrected chi connectivity index (χ4v) is 2.94. The summed E-state index contributed by atoms with van der Waals surface area (Å²) >= 11 is 0. The zero-order valence-corrected chi connectivity index (χ0v) is 15.7. The van der Waals surface area contributed by atoms with E-state index in [4.69, 9.17) is 4.52 Å². The number of amides is 1. The summed E-state index contributed by atoms with van der Waals surface area (Å²) in [6, 6.07) is 7.56. The Balaban J connectivity index is 1.59. The molecule has 0 radical (unpaired) electrons. The molecule has 0 spiro atoms. The molecule has 2 aromatic heterocycles. The summed E-state index contributed by atoms with van der Waals surface area (Å²) in [6.07, 6.45) is 0. The quantitative estimate of drug-likeness (QED) is 0.671. The predicted molar refractivity (Wildman–Crippen MR) is 98.0 cm³/mol. The van der Waals surface area contributed by atoms with Crippen LogP contribution in [0.25, 0.3) is 11.4 Å². The number of benzene rings is 1. The second-order valence-corrected chi connectivity index (χ2v) is 6.37. The number of hydrogen-bond donors (Lipinski definition) is 1. The average Bonchev–Trinajstić information content (AvgIpc) is 3.17. The lowest BCUT2D eigenvalue weighted by Crippen LogP contribution is -2.28. The summed E-state index contributed by atoms with van der Waals surface area (Å²) in [5, 5.41) is 11.0. The van der Waals surface area contributed by atoms with Crippen molar-refractivity contribution < 1.29 is 14.1 Å². The molecule has 8 heteroatoms. The SMILES string of the molecule is CC(=O)c1c(C)nn(CC(=O)NCc2ccc(-c3noc(C)n3)cc2)c1C. The zero-order chi connectivity index (χ0) is 19.6. The first kappa shape index (κ1) is 18.5. The molecule has 1 aromatic carbocycles. The number of nitrogens with zero attached hydrogens (tertiary/aromatic N) is 4. The van der Waals surface area contributed by atoms with Crippen LogP contribution in [0.1, 0.15) is 40.1 Å². The van der Waals surface area contributed by atoms with Gasteiger partial charge in [0.25, 0.3) is 0 Å². The normalized spacial score (nSPS) is 10.8. The van der Waals surface area contributed by atoms with Crippen molar-refractivity contribution >= 4 is 11.7 Å². The summed E-state index contributed by atoms with van der Waals surface area (Å²) in [6.45, 7) is 7.26. The van der Waals surface area contributed by atoms with Crippen LogP contribution in [0.3, 0.4) is 0 Å². The van der Waals surface area contributed by atoms with E-state index < -0.39 is 0 Å². The van der Waals surface area contributed by atoms with Crippen molar-refractivity contribution in [3.63, 3.8) is 0 Å². The molecular weight excluding hydrogens is 346 g/mol. The molecule has 0 bridgehead atoms. The smallest absolute Gasteiger partial charge is 0.242 e. The average molecular weight is 367 g/mol. The second kappa shape index (κ2) is 7.53. The molecule has 2 heterocycles. The summed E-state index contributed by atoms with van der Waals surface area (Å²) < 4.78 is 6.53. The second-order valence-electron chi connectivity index (χ2n) is 6.37. The van der Waals surface area contributed by atoms with Crippen molar-refractivity contribution in [2.24, 2.45) is 0 Å². The van der Waals surface area contributed by atoms with E-state index in [0.717, 1.165) is 11.1 Å². The molecule has 8 nitrogen and oxygen atoms in total. The Morgan fingerprint density at radius 2 is 1.85 bits per heavy atom. The topological polar surface area (TPSA) is 103 Å². The van der Waals surface area contributed by atoms with E-state index in [0.29, 0.717) is 35.2 Å². The van der Waals surface area contributed by atoms with Crippen molar-refractivity contribution in [3.05, 3.63) is 52.7 Å². The fraction of sp³-hybridized carbons (Fsp3) is 0.316. The van der Waals surface area contributed by atoms with Crippen molar-refractivity contribution in [1.29, 1.82) is 0 Å². The number of Topliss-reactive ketones (excluding diaryl/α,β-unsaturated/α-hetero) is 1. The molecule has 3 aromatic rings. The number of carbonyl (C=O) groups excluding carboxylic acids is 2. The number of rotatable bonds is 6. The molecule has 3 rings (SSSR count). The van der Waals surface area contributed by atoms with Gasteiger partial charge in [-0.1, -0.05) is 29.4 Å². The van der Waals surface area contributed by atoms with Crippen LogP contribution in [0, 0.1) is 20.8 Å². The van der Waals surface area contributed by atoms with E-state index in [-0.39, 0.29) is 18.2 Å². The van der Waals surface area contributed by atoms with Crippen molar-refractivity contribution in [1.82, 2.24) is 25.2 Å². The molecule has 0 aliphatic heterocycles. The summed E-state index contributed by atoms with van der Waals surface area (Å²) in [5.74, 6) is 0.828. The highest BCUT2D eigenvalue weighted by Gasteiger charge is 2.16. The van der Waals surface area contributed by atoms with Gasteiger partial charge in [-0.2, -0.15) is 10.1 Å². The largest absolute Gasteiger partial charge is 0.350 e. The van der Waals surface area contributed by atoms with Gasteiger partial charge in [0.05, 0.1) is 11.3 Å². The number of aryl methyl sites for hydroxylation is 2. The first-order valence-electron chi connectivity index (χ1n) is 8.56. The van der Waals surface area contributed by atoms with Crippen LogP contribution >= 0.6 is 0 Å². The third-order valence-electron chi connectivity index (χ3n) is 4.26. The molecule has 0 fully saturated rings. The highest BCUT2D eigenvalue weighted by molar-refractivity contribution is 5.96. The lowest BCUT2D eigenvalue weighted by molar-refractivity contribution is -0.122. The monoisotopic (exact) mass is 367 g/mol. The highest BCUT2D eigenvalue weighted by Crippen LogP contribution is 2.16. The third kappa shape index (κ3) is 4.11.